The Bertz CT molecular complexity index is 921. The van der Waals surface area contributed by atoms with Crippen LogP contribution in [0.4, 0.5) is 5.69 Å². The fraction of sp³-hybridized carbons (Fsp3) is 0.316. The van der Waals surface area contributed by atoms with Gasteiger partial charge in [0.2, 0.25) is 5.91 Å². The highest BCUT2D eigenvalue weighted by Gasteiger charge is 2.54. The van der Waals surface area contributed by atoms with Crippen molar-refractivity contribution in [1.82, 2.24) is 0 Å². The summed E-state index contributed by atoms with van der Waals surface area (Å²) in [5, 5.41) is -1.04. The van der Waals surface area contributed by atoms with Gasteiger partial charge in [-0.15, -0.1) is 0 Å². The van der Waals surface area contributed by atoms with E-state index in [1.165, 1.54) is 11.8 Å². The largest absolute Gasteiger partial charge is 0.382 e. The monoisotopic (exact) mass is 359 g/mol. The maximum absolute atomic E-state index is 12.9. The summed E-state index contributed by atoms with van der Waals surface area (Å²) in [5.41, 5.74) is 1.24. The van der Waals surface area contributed by atoms with E-state index in [0.717, 1.165) is 11.3 Å². The third-order valence-corrected chi connectivity index (χ3v) is 6.82. The fourth-order valence-electron chi connectivity index (χ4n) is 3.26. The summed E-state index contributed by atoms with van der Waals surface area (Å²) in [6.45, 7) is 5.10. The molecule has 0 bridgehead atoms. The molecule has 1 aliphatic heterocycles. The van der Waals surface area contributed by atoms with Gasteiger partial charge < -0.3 is 9.08 Å². The highest BCUT2D eigenvalue weighted by Crippen LogP contribution is 2.45. The van der Waals surface area contributed by atoms with Crippen molar-refractivity contribution in [3.05, 3.63) is 59.7 Å². The van der Waals surface area contributed by atoms with Gasteiger partial charge in [-0.1, -0.05) is 35.9 Å². The second kappa shape index (κ2) is 5.88. The minimum atomic E-state index is -4.01. The van der Waals surface area contributed by atoms with Gasteiger partial charge in [0.25, 0.3) is 0 Å². The van der Waals surface area contributed by atoms with E-state index >= 15 is 0 Å². The first-order chi connectivity index (χ1) is 11.7. The minimum absolute atomic E-state index is 0.244. The van der Waals surface area contributed by atoms with Crippen molar-refractivity contribution >= 4 is 21.7 Å². The van der Waals surface area contributed by atoms with Crippen molar-refractivity contribution in [2.75, 3.05) is 11.9 Å². The quantitative estimate of drug-likeness (QED) is 0.787. The molecule has 0 saturated carbocycles. The number of fused-ring (bicyclic) bond motifs is 1. The molecule has 6 heteroatoms. The highest BCUT2D eigenvalue weighted by atomic mass is 32.2. The van der Waals surface area contributed by atoms with Crippen LogP contribution in [0.25, 0.3) is 0 Å². The molecule has 2 unspecified atom stereocenters. The molecule has 1 aliphatic rings. The molecule has 3 rings (SSSR count). The van der Waals surface area contributed by atoms with Crippen molar-refractivity contribution < 1.29 is 17.4 Å². The summed E-state index contributed by atoms with van der Waals surface area (Å²) in [6, 6.07) is 14.0. The summed E-state index contributed by atoms with van der Waals surface area (Å²) in [5.74, 6) is -0.00887. The molecule has 0 radical (unpaired) electrons. The van der Waals surface area contributed by atoms with Crippen molar-refractivity contribution in [2.45, 2.75) is 31.4 Å². The lowest BCUT2D eigenvalue weighted by Gasteiger charge is -2.29. The Hall–Kier alpha value is -2.34. The van der Waals surface area contributed by atoms with Gasteiger partial charge in [0, 0.05) is 12.7 Å². The average molecular weight is 359 g/mol. The highest BCUT2D eigenvalue weighted by molar-refractivity contribution is 7.87. The molecule has 0 aromatic heterocycles. The predicted octanol–water partition coefficient (Wildman–Crippen LogP) is 3.03. The molecule has 5 nitrogen and oxygen atoms in total. The number of benzene rings is 2. The maximum Gasteiger partial charge on any atom is 0.313 e. The first kappa shape index (κ1) is 17.5. The molecule has 0 fully saturated rings. The van der Waals surface area contributed by atoms with Crippen LogP contribution in [-0.2, 0) is 20.3 Å². The Labute approximate surface area is 148 Å². The van der Waals surface area contributed by atoms with Crippen molar-refractivity contribution in [2.24, 2.45) is 0 Å². The Morgan fingerprint density at radius 1 is 1.08 bits per heavy atom. The first-order valence-electron chi connectivity index (χ1n) is 8.05. The number of hydrogen-bond acceptors (Lipinski definition) is 4. The number of amides is 1. The van der Waals surface area contributed by atoms with Crippen LogP contribution in [0.2, 0.25) is 0 Å². The van der Waals surface area contributed by atoms with Crippen molar-refractivity contribution in [3.8, 4) is 5.75 Å². The molecule has 1 amide bonds. The van der Waals surface area contributed by atoms with E-state index in [-0.39, 0.29) is 11.7 Å². The third kappa shape index (κ3) is 2.70. The van der Waals surface area contributed by atoms with E-state index in [4.69, 9.17) is 4.18 Å². The molecule has 0 saturated heterocycles. The zero-order valence-corrected chi connectivity index (χ0v) is 15.5. The van der Waals surface area contributed by atoms with E-state index in [9.17, 15) is 13.2 Å². The lowest BCUT2D eigenvalue weighted by atomic mass is 9.81. The van der Waals surface area contributed by atoms with Crippen LogP contribution in [-0.4, -0.2) is 26.6 Å². The number of rotatable bonds is 4. The number of para-hydroxylation sites is 1. The molecular formula is C19H21NO4S. The maximum atomic E-state index is 12.9. The lowest BCUT2D eigenvalue weighted by Crippen LogP contribution is -2.48. The van der Waals surface area contributed by atoms with Crippen LogP contribution in [0.1, 0.15) is 25.0 Å². The van der Waals surface area contributed by atoms with Crippen LogP contribution in [0.15, 0.2) is 48.5 Å². The zero-order chi connectivity index (χ0) is 18.4. The van der Waals surface area contributed by atoms with Gasteiger partial charge >= 0.3 is 10.1 Å². The average Bonchev–Trinajstić information content (AvgIpc) is 2.79. The fourth-order valence-corrected chi connectivity index (χ4v) is 4.59. The van der Waals surface area contributed by atoms with Crippen molar-refractivity contribution in [1.29, 1.82) is 0 Å². The summed E-state index contributed by atoms with van der Waals surface area (Å²) < 4.78 is 31.0. The Kier molecular flexibility index (Phi) is 4.11. The smallest absolute Gasteiger partial charge is 0.313 e. The van der Waals surface area contributed by atoms with E-state index < -0.39 is 20.8 Å². The molecule has 1 heterocycles. The summed E-state index contributed by atoms with van der Waals surface area (Å²) in [4.78, 5) is 14.4. The van der Waals surface area contributed by atoms with E-state index in [0.29, 0.717) is 5.56 Å². The minimum Gasteiger partial charge on any atom is -0.382 e. The molecule has 132 valence electrons. The summed E-state index contributed by atoms with van der Waals surface area (Å²) in [6.07, 6.45) is 0. The zero-order valence-electron chi connectivity index (χ0n) is 14.7. The Morgan fingerprint density at radius 3 is 2.32 bits per heavy atom. The number of hydrogen-bond donors (Lipinski definition) is 0. The van der Waals surface area contributed by atoms with Crippen LogP contribution < -0.4 is 9.08 Å². The summed E-state index contributed by atoms with van der Waals surface area (Å²) in [7, 11) is -2.36. The van der Waals surface area contributed by atoms with Crippen LogP contribution >= 0.6 is 0 Å². The normalized spacial score (nSPS) is 21.1. The first-order valence-corrected chi connectivity index (χ1v) is 9.52. The number of aryl methyl sites for hydroxylation is 1. The van der Waals surface area contributed by atoms with Gasteiger partial charge in [-0.2, -0.15) is 8.42 Å². The Balaban J connectivity index is 2.00. The standard InChI is InChI=1S/C19H21NO4S/c1-13-9-11-15(12-10-13)24-25(22,23)14(2)19(3)16-7-5-6-8-17(16)20(4)18(19)21/h5-12,14H,1-4H3. The molecule has 2 aromatic rings. The summed E-state index contributed by atoms with van der Waals surface area (Å²) >= 11 is 0. The lowest BCUT2D eigenvalue weighted by molar-refractivity contribution is -0.122. The topological polar surface area (TPSA) is 63.7 Å². The van der Waals surface area contributed by atoms with E-state index in [1.807, 2.05) is 25.1 Å². The molecule has 25 heavy (non-hydrogen) atoms. The third-order valence-electron chi connectivity index (χ3n) is 5.05. The van der Waals surface area contributed by atoms with Gasteiger partial charge in [-0.3, -0.25) is 4.79 Å². The molecule has 2 atom stereocenters. The molecule has 0 aliphatic carbocycles. The van der Waals surface area contributed by atoms with Gasteiger partial charge in [-0.05, 0) is 44.5 Å². The second-order valence-corrected chi connectivity index (χ2v) is 8.47. The SMILES string of the molecule is Cc1ccc(OS(=O)(=O)C(C)C2(C)C(=O)N(C)c3ccccc32)cc1. The molecule has 0 spiro atoms. The predicted molar refractivity (Wildman–Crippen MR) is 97.4 cm³/mol. The second-order valence-electron chi connectivity index (χ2n) is 6.62. The van der Waals surface area contributed by atoms with Crippen molar-refractivity contribution in [3.63, 3.8) is 0 Å². The van der Waals surface area contributed by atoms with Crippen LogP contribution in [0.5, 0.6) is 5.75 Å². The van der Waals surface area contributed by atoms with Gasteiger partial charge in [-0.25, -0.2) is 0 Å². The van der Waals surface area contributed by atoms with Crippen LogP contribution in [0, 0.1) is 6.92 Å². The van der Waals surface area contributed by atoms with E-state index in [2.05, 4.69) is 0 Å². The van der Waals surface area contributed by atoms with E-state index in [1.54, 1.807) is 44.3 Å². The number of anilines is 1. The number of nitrogens with zero attached hydrogens (tertiary/aromatic N) is 1. The molecular weight excluding hydrogens is 338 g/mol. The number of carbonyl (C=O) groups excluding carboxylic acids is 1. The number of likely N-dealkylation sites (N-methyl/N-ethyl adjacent to an activating group) is 1. The van der Waals surface area contributed by atoms with Crippen LogP contribution in [0.3, 0.4) is 0 Å². The molecule has 2 aromatic carbocycles. The van der Waals surface area contributed by atoms with Gasteiger partial charge in [0.05, 0.1) is 5.41 Å². The molecule has 0 N–H and O–H groups in total. The Morgan fingerprint density at radius 2 is 1.68 bits per heavy atom. The number of carbonyl (C=O) groups is 1. The van der Waals surface area contributed by atoms with Gasteiger partial charge in [0.15, 0.2) is 0 Å². The van der Waals surface area contributed by atoms with Gasteiger partial charge in [0.1, 0.15) is 11.0 Å².